The molecule has 6 heteroatoms. The minimum absolute atomic E-state index is 0.844. The van der Waals surface area contributed by atoms with Gasteiger partial charge in [0.25, 0.3) is 0 Å². The molecule has 0 unspecified atom stereocenters. The van der Waals surface area contributed by atoms with Gasteiger partial charge in [-0.25, -0.2) is 9.50 Å². The molecule has 0 radical (unpaired) electrons. The minimum Gasteiger partial charge on any atom is -0.268 e. The molecular weight excluding hydrogens is 288 g/mol. The Kier molecular flexibility index (Phi) is 2.58. The third-order valence-electron chi connectivity index (χ3n) is 4.28. The Hall–Kier alpha value is -3.02. The van der Waals surface area contributed by atoms with Crippen molar-refractivity contribution in [2.24, 2.45) is 0 Å². The third-order valence-corrected chi connectivity index (χ3v) is 4.28. The lowest BCUT2D eigenvalue weighted by Crippen LogP contribution is -1.94. The maximum atomic E-state index is 4.80. The number of hydrogen-bond acceptors (Lipinski definition) is 4. The van der Waals surface area contributed by atoms with Gasteiger partial charge in [-0.2, -0.15) is 10.2 Å². The number of aryl methyl sites for hydroxylation is 1. The zero-order valence-corrected chi connectivity index (χ0v) is 12.4. The quantitative estimate of drug-likeness (QED) is 0.571. The lowest BCUT2D eigenvalue weighted by molar-refractivity contribution is 0.658. The first-order valence-corrected chi connectivity index (χ1v) is 7.71. The Bertz CT molecular complexity index is 999. The van der Waals surface area contributed by atoms with Crippen molar-refractivity contribution in [2.75, 3.05) is 0 Å². The number of fused-ring (bicyclic) bond motifs is 2. The number of rotatable bonds is 2. The van der Waals surface area contributed by atoms with Crippen molar-refractivity contribution in [1.82, 2.24) is 29.4 Å². The Labute approximate surface area is 132 Å². The second-order valence-corrected chi connectivity index (χ2v) is 5.69. The molecule has 0 N–H and O–H groups in total. The molecule has 0 amide bonds. The summed E-state index contributed by atoms with van der Waals surface area (Å²) in [5.41, 5.74) is 6.09. The number of hydrogen-bond donors (Lipinski definition) is 0. The lowest BCUT2D eigenvalue weighted by atomic mass is 10.0. The number of aromatic nitrogens is 6. The van der Waals surface area contributed by atoms with Crippen molar-refractivity contribution < 1.29 is 0 Å². The summed E-state index contributed by atoms with van der Waals surface area (Å²) in [5.74, 6) is 0. The summed E-state index contributed by atoms with van der Waals surface area (Å²) in [6.45, 7) is 0.965. The van der Waals surface area contributed by atoms with Gasteiger partial charge in [0.2, 0.25) is 0 Å². The highest BCUT2D eigenvalue weighted by molar-refractivity contribution is 5.81. The second kappa shape index (κ2) is 4.74. The topological polar surface area (TPSA) is 60.9 Å². The normalized spacial score (nSPS) is 13.6. The third kappa shape index (κ3) is 1.88. The largest absolute Gasteiger partial charge is 0.268 e. The predicted octanol–water partition coefficient (Wildman–Crippen LogP) is 2.60. The fraction of sp³-hybridized carbons (Fsp3) is 0.176. The molecule has 4 aromatic heterocycles. The molecule has 0 saturated carbocycles. The molecule has 5 heterocycles. The first-order valence-electron chi connectivity index (χ1n) is 7.71. The summed E-state index contributed by atoms with van der Waals surface area (Å²) in [4.78, 5) is 8.98. The first-order chi connectivity index (χ1) is 11.4. The van der Waals surface area contributed by atoms with Crippen molar-refractivity contribution in [3.63, 3.8) is 0 Å². The Morgan fingerprint density at radius 2 is 2.04 bits per heavy atom. The van der Waals surface area contributed by atoms with E-state index in [1.807, 2.05) is 36.7 Å². The summed E-state index contributed by atoms with van der Waals surface area (Å²) >= 11 is 0. The maximum Gasteiger partial charge on any atom is 0.154 e. The molecule has 0 atom stereocenters. The molecule has 23 heavy (non-hydrogen) atoms. The molecule has 4 aromatic rings. The molecule has 0 aromatic carbocycles. The van der Waals surface area contributed by atoms with E-state index in [1.165, 1.54) is 5.69 Å². The van der Waals surface area contributed by atoms with E-state index in [0.29, 0.717) is 0 Å². The van der Waals surface area contributed by atoms with Crippen molar-refractivity contribution >= 4 is 5.65 Å². The highest BCUT2D eigenvalue weighted by Crippen LogP contribution is 2.36. The van der Waals surface area contributed by atoms with Crippen LogP contribution in [0, 0.1) is 0 Å². The van der Waals surface area contributed by atoms with E-state index in [2.05, 4.69) is 19.7 Å². The van der Waals surface area contributed by atoms with Crippen molar-refractivity contribution in [3.8, 4) is 22.5 Å². The molecule has 0 aliphatic carbocycles. The summed E-state index contributed by atoms with van der Waals surface area (Å²) in [6.07, 6.45) is 9.65. The molecule has 1 aliphatic heterocycles. The maximum absolute atomic E-state index is 4.80. The zero-order chi connectivity index (χ0) is 15.2. The van der Waals surface area contributed by atoms with E-state index in [1.54, 1.807) is 16.9 Å². The molecular formula is C17H14N6. The lowest BCUT2D eigenvalue weighted by Gasteiger charge is -2.05. The zero-order valence-electron chi connectivity index (χ0n) is 12.4. The van der Waals surface area contributed by atoms with Gasteiger partial charge in [-0.15, -0.1) is 0 Å². The van der Waals surface area contributed by atoms with Gasteiger partial charge in [0.1, 0.15) is 5.69 Å². The fourth-order valence-corrected chi connectivity index (χ4v) is 3.26. The van der Waals surface area contributed by atoms with Gasteiger partial charge in [-0.05, 0) is 25.0 Å². The highest BCUT2D eigenvalue weighted by atomic mass is 15.3. The van der Waals surface area contributed by atoms with E-state index < -0.39 is 0 Å². The molecule has 0 bridgehead atoms. The fourth-order valence-electron chi connectivity index (χ4n) is 3.26. The van der Waals surface area contributed by atoms with Crippen molar-refractivity contribution in [1.29, 1.82) is 0 Å². The van der Waals surface area contributed by atoms with Crippen LogP contribution in [0.15, 0.2) is 49.1 Å². The van der Waals surface area contributed by atoms with Crippen LogP contribution in [0.1, 0.15) is 12.1 Å². The van der Waals surface area contributed by atoms with Crippen LogP contribution < -0.4 is 0 Å². The van der Waals surface area contributed by atoms with E-state index >= 15 is 0 Å². The van der Waals surface area contributed by atoms with Crippen molar-refractivity contribution in [3.05, 3.63) is 54.7 Å². The Morgan fingerprint density at radius 1 is 1.04 bits per heavy atom. The van der Waals surface area contributed by atoms with Gasteiger partial charge in [0.05, 0.1) is 11.9 Å². The van der Waals surface area contributed by atoms with Gasteiger partial charge in [0, 0.05) is 48.0 Å². The second-order valence-electron chi connectivity index (χ2n) is 5.69. The molecule has 5 rings (SSSR count). The Balaban J connectivity index is 1.78. The molecule has 1 aliphatic rings. The smallest absolute Gasteiger partial charge is 0.154 e. The molecule has 0 spiro atoms. The average molecular weight is 302 g/mol. The van der Waals surface area contributed by atoms with E-state index in [9.17, 15) is 0 Å². The van der Waals surface area contributed by atoms with Crippen LogP contribution in [0.4, 0.5) is 0 Å². The van der Waals surface area contributed by atoms with Crippen LogP contribution >= 0.6 is 0 Å². The molecule has 112 valence electrons. The van der Waals surface area contributed by atoms with Crippen LogP contribution in [0.3, 0.4) is 0 Å². The van der Waals surface area contributed by atoms with Crippen LogP contribution in [-0.2, 0) is 13.0 Å². The van der Waals surface area contributed by atoms with Crippen LogP contribution in [0.2, 0.25) is 0 Å². The van der Waals surface area contributed by atoms with Crippen LogP contribution in [0.5, 0.6) is 0 Å². The molecule has 6 nitrogen and oxygen atoms in total. The minimum atomic E-state index is 0.844. The van der Waals surface area contributed by atoms with Gasteiger partial charge in [-0.3, -0.25) is 9.67 Å². The monoisotopic (exact) mass is 302 g/mol. The van der Waals surface area contributed by atoms with Crippen LogP contribution in [-0.4, -0.2) is 29.4 Å². The summed E-state index contributed by atoms with van der Waals surface area (Å²) in [5, 5.41) is 9.10. The number of nitrogens with zero attached hydrogens (tertiary/aromatic N) is 6. The molecule has 0 saturated heterocycles. The predicted molar refractivity (Wildman–Crippen MR) is 85.8 cm³/mol. The van der Waals surface area contributed by atoms with Gasteiger partial charge >= 0.3 is 0 Å². The summed E-state index contributed by atoms with van der Waals surface area (Å²) in [6, 6.07) is 7.81. The summed E-state index contributed by atoms with van der Waals surface area (Å²) in [7, 11) is 0. The van der Waals surface area contributed by atoms with Crippen LogP contribution in [0.25, 0.3) is 28.2 Å². The van der Waals surface area contributed by atoms with E-state index in [4.69, 9.17) is 5.10 Å². The van der Waals surface area contributed by atoms with Gasteiger partial charge < -0.3 is 0 Å². The van der Waals surface area contributed by atoms with Crippen molar-refractivity contribution in [2.45, 2.75) is 19.4 Å². The Morgan fingerprint density at radius 3 is 2.96 bits per heavy atom. The van der Waals surface area contributed by atoms with Gasteiger partial charge in [0.15, 0.2) is 5.65 Å². The molecule has 0 fully saturated rings. The first kappa shape index (κ1) is 12.5. The average Bonchev–Trinajstić information content (AvgIpc) is 3.30. The number of pyridine rings is 1. The standard InChI is InChI=1S/C17H14N6/c1-2-7-18-13(4-1)17-16(14-5-3-9-22(14)21-17)12-10-19-15-6-8-20-23(15)11-12/h1-2,4,6-8,10-11H,3,5,9H2. The SMILES string of the molecule is c1ccc(-c2nn3c(c2-c2cnc4ccnn4c2)CCC3)nc1. The highest BCUT2D eigenvalue weighted by Gasteiger charge is 2.24. The summed E-state index contributed by atoms with van der Waals surface area (Å²) < 4.78 is 3.91. The van der Waals surface area contributed by atoms with E-state index in [0.717, 1.165) is 47.5 Å². The van der Waals surface area contributed by atoms with Gasteiger partial charge in [-0.1, -0.05) is 6.07 Å². The van der Waals surface area contributed by atoms with E-state index in [-0.39, 0.29) is 0 Å².